The van der Waals surface area contributed by atoms with Gasteiger partial charge in [-0.15, -0.1) is 23.5 Å². The normalized spacial score (nSPS) is 23.2. The van der Waals surface area contributed by atoms with E-state index in [0.29, 0.717) is 10.7 Å². The maximum Gasteiger partial charge on any atom is 0.145 e. The number of halogens is 1. The van der Waals surface area contributed by atoms with Crippen molar-refractivity contribution in [1.82, 2.24) is 14.5 Å². The summed E-state index contributed by atoms with van der Waals surface area (Å²) in [5.74, 6) is 0.814. The maximum absolute atomic E-state index is 9.54. The van der Waals surface area contributed by atoms with Crippen molar-refractivity contribution in [2.45, 2.75) is 37.5 Å². The second kappa shape index (κ2) is 8.60. The summed E-state index contributed by atoms with van der Waals surface area (Å²) >= 11 is 9.84. The Morgan fingerprint density at radius 2 is 2.39 bits per heavy atom. The molecule has 0 aromatic carbocycles. The van der Waals surface area contributed by atoms with E-state index in [9.17, 15) is 5.26 Å². The van der Waals surface area contributed by atoms with E-state index in [1.807, 2.05) is 12.3 Å². The highest BCUT2D eigenvalue weighted by Crippen LogP contribution is 2.52. The van der Waals surface area contributed by atoms with Gasteiger partial charge < -0.3 is 4.84 Å². The molecule has 1 saturated heterocycles. The lowest BCUT2D eigenvalue weighted by Crippen LogP contribution is -2.08. The molecule has 2 unspecified atom stereocenters. The van der Waals surface area contributed by atoms with Crippen LogP contribution < -0.4 is 0 Å². The van der Waals surface area contributed by atoms with Gasteiger partial charge in [-0.1, -0.05) is 30.1 Å². The number of oxime groups is 1. The van der Waals surface area contributed by atoms with Crippen LogP contribution in [0.5, 0.6) is 0 Å². The molecular formula is C19H18ClN5OS2. The van der Waals surface area contributed by atoms with Crippen LogP contribution in [0.15, 0.2) is 40.4 Å². The lowest BCUT2D eigenvalue weighted by molar-refractivity contribution is 0.0786. The average molecular weight is 432 g/mol. The summed E-state index contributed by atoms with van der Waals surface area (Å²) in [5, 5.41) is 14.5. The minimum Gasteiger partial charge on any atom is -0.392 e. The zero-order valence-corrected chi connectivity index (χ0v) is 17.6. The molecule has 28 heavy (non-hydrogen) atoms. The Morgan fingerprint density at radius 3 is 3.11 bits per heavy atom. The third-order valence-corrected chi connectivity index (χ3v) is 7.72. The highest BCUT2D eigenvalue weighted by molar-refractivity contribution is 8.25. The molecule has 0 N–H and O–H groups in total. The van der Waals surface area contributed by atoms with Crippen molar-refractivity contribution in [2.75, 3.05) is 5.75 Å². The Morgan fingerprint density at radius 1 is 1.50 bits per heavy atom. The molecule has 0 aliphatic carbocycles. The molecule has 0 radical (unpaired) electrons. The van der Waals surface area contributed by atoms with Crippen LogP contribution in [-0.2, 0) is 4.84 Å². The van der Waals surface area contributed by atoms with Crippen LogP contribution in [0.4, 0.5) is 0 Å². The highest BCUT2D eigenvalue weighted by atomic mass is 35.5. The number of aromatic nitrogens is 3. The van der Waals surface area contributed by atoms with Gasteiger partial charge in [0.25, 0.3) is 0 Å². The van der Waals surface area contributed by atoms with E-state index in [-0.39, 0.29) is 11.4 Å². The second-order valence-electron chi connectivity index (χ2n) is 6.48. The van der Waals surface area contributed by atoms with Gasteiger partial charge in [0.05, 0.1) is 32.2 Å². The largest absolute Gasteiger partial charge is 0.392 e. The molecule has 144 valence electrons. The van der Waals surface area contributed by atoms with Gasteiger partial charge in [-0.05, 0) is 12.5 Å². The van der Waals surface area contributed by atoms with Crippen LogP contribution in [0.25, 0.3) is 5.70 Å². The van der Waals surface area contributed by atoms with Gasteiger partial charge >= 0.3 is 0 Å². The molecule has 4 rings (SSSR count). The average Bonchev–Trinajstić information content (AvgIpc) is 3.45. The molecule has 0 saturated carbocycles. The molecule has 4 heterocycles. The number of allylic oxidation sites excluding steroid dienone is 1. The summed E-state index contributed by atoms with van der Waals surface area (Å²) in [5.41, 5.74) is 3.24. The standard InChI is InChI=1S/C19H18ClN5OS2/c1-2-3-13-7-15(24-26-13)12-6-14(20)18(23-9-12)17-10-27-19(28-17)16(8-21)25-5-4-22-11-25/h4-6,9,11,13,17H,2-3,7,10H2,1H3. The SMILES string of the molecule is CCCC1CC(c2cnc(C3CSC(=C(C#N)n4ccnc4)S3)c(Cl)c2)=NO1. The van der Waals surface area contributed by atoms with Crippen LogP contribution in [0.3, 0.4) is 0 Å². The van der Waals surface area contributed by atoms with Crippen molar-refractivity contribution in [1.29, 1.82) is 5.26 Å². The van der Waals surface area contributed by atoms with E-state index in [0.717, 1.165) is 46.2 Å². The smallest absolute Gasteiger partial charge is 0.145 e. The molecule has 0 spiro atoms. The molecule has 0 bridgehead atoms. The van der Waals surface area contributed by atoms with E-state index < -0.39 is 0 Å². The number of imidazole rings is 1. The van der Waals surface area contributed by atoms with Crippen molar-refractivity contribution < 1.29 is 4.84 Å². The first-order chi connectivity index (χ1) is 13.7. The highest BCUT2D eigenvalue weighted by Gasteiger charge is 2.29. The topological polar surface area (TPSA) is 76.1 Å². The Hall–Kier alpha value is -1.95. The van der Waals surface area contributed by atoms with Crippen LogP contribution in [-0.4, -0.2) is 32.1 Å². The van der Waals surface area contributed by atoms with Crippen LogP contribution in [0.1, 0.15) is 42.7 Å². The molecule has 2 aliphatic heterocycles. The van der Waals surface area contributed by atoms with Crippen molar-refractivity contribution >= 4 is 46.5 Å². The van der Waals surface area contributed by atoms with Gasteiger partial charge in [-0.25, -0.2) is 4.98 Å². The first-order valence-electron chi connectivity index (χ1n) is 9.00. The Bertz CT molecular complexity index is 967. The first kappa shape index (κ1) is 19.4. The number of pyridine rings is 1. The van der Waals surface area contributed by atoms with Crippen molar-refractivity contribution in [3.63, 3.8) is 0 Å². The van der Waals surface area contributed by atoms with Crippen LogP contribution in [0.2, 0.25) is 5.02 Å². The molecule has 1 fully saturated rings. The molecule has 2 atom stereocenters. The zero-order chi connectivity index (χ0) is 19.5. The summed E-state index contributed by atoms with van der Waals surface area (Å²) in [4.78, 5) is 14.1. The lowest BCUT2D eigenvalue weighted by atomic mass is 10.0. The van der Waals surface area contributed by atoms with E-state index in [1.165, 1.54) is 0 Å². The number of nitrogens with zero attached hydrogens (tertiary/aromatic N) is 5. The molecular weight excluding hydrogens is 414 g/mol. The molecule has 0 amide bonds. The summed E-state index contributed by atoms with van der Waals surface area (Å²) < 4.78 is 2.70. The molecule has 2 aliphatic rings. The third kappa shape index (κ3) is 3.93. The molecule has 6 nitrogen and oxygen atoms in total. The maximum atomic E-state index is 9.54. The van der Waals surface area contributed by atoms with Crippen molar-refractivity contribution in [3.8, 4) is 6.07 Å². The molecule has 2 aromatic heterocycles. The number of hydrogen-bond donors (Lipinski definition) is 0. The summed E-state index contributed by atoms with van der Waals surface area (Å²) in [6, 6.07) is 4.20. The number of thioether (sulfide) groups is 2. The molecule has 2 aromatic rings. The van der Waals surface area contributed by atoms with Gasteiger partial charge in [0.2, 0.25) is 0 Å². The first-order valence-corrected chi connectivity index (χ1v) is 11.2. The minimum atomic E-state index is 0.100. The van der Waals surface area contributed by atoms with E-state index in [4.69, 9.17) is 16.4 Å². The summed E-state index contributed by atoms with van der Waals surface area (Å²) in [7, 11) is 0. The van der Waals surface area contributed by atoms with Gasteiger partial charge in [0, 0.05) is 36.3 Å². The second-order valence-corrected chi connectivity index (χ2v) is 9.39. The number of nitriles is 1. The van der Waals surface area contributed by atoms with Crippen LogP contribution in [0, 0.1) is 11.3 Å². The number of rotatable bonds is 5. The predicted molar refractivity (Wildman–Crippen MR) is 114 cm³/mol. The number of hydrogen-bond acceptors (Lipinski definition) is 7. The zero-order valence-electron chi connectivity index (χ0n) is 15.2. The fraction of sp³-hybridized carbons (Fsp3) is 0.368. The minimum absolute atomic E-state index is 0.100. The lowest BCUT2D eigenvalue weighted by Gasteiger charge is -2.11. The third-order valence-electron chi connectivity index (χ3n) is 4.53. The van der Waals surface area contributed by atoms with Gasteiger partial charge in [0.15, 0.2) is 0 Å². The van der Waals surface area contributed by atoms with Gasteiger partial charge in [0.1, 0.15) is 17.9 Å². The molecule has 9 heteroatoms. The van der Waals surface area contributed by atoms with Crippen molar-refractivity contribution in [2.24, 2.45) is 5.16 Å². The predicted octanol–water partition coefficient (Wildman–Crippen LogP) is 5.10. The van der Waals surface area contributed by atoms with Crippen molar-refractivity contribution in [3.05, 3.63) is 51.5 Å². The summed E-state index contributed by atoms with van der Waals surface area (Å²) in [6.07, 6.45) is 9.91. The quantitative estimate of drug-likeness (QED) is 0.613. The van der Waals surface area contributed by atoms with Gasteiger partial charge in [-0.3, -0.25) is 9.55 Å². The fourth-order valence-corrected chi connectivity index (χ4v) is 6.36. The summed E-state index contributed by atoms with van der Waals surface area (Å²) in [6.45, 7) is 2.14. The fourth-order valence-electron chi connectivity index (χ4n) is 3.13. The Balaban J connectivity index is 1.51. The van der Waals surface area contributed by atoms with E-state index in [1.54, 1.807) is 46.8 Å². The monoisotopic (exact) mass is 431 g/mol. The van der Waals surface area contributed by atoms with E-state index >= 15 is 0 Å². The Labute approximate surface area is 177 Å². The van der Waals surface area contributed by atoms with E-state index in [2.05, 4.69) is 28.1 Å². The Kier molecular flexibility index (Phi) is 5.95. The van der Waals surface area contributed by atoms with Gasteiger partial charge in [-0.2, -0.15) is 5.26 Å². The van der Waals surface area contributed by atoms with Crippen LogP contribution >= 0.6 is 35.1 Å².